The standard InChI is InChI=1S/C66H48N2Si/c1-69(2)64-32-18-30-58-61-43-59(47-34-36-51(37-35-47)68(50-25-10-5-11-26-50)63-31-17-16-27-54(63)46-20-6-3-7-21-46)55-28-14-15-29-56(55)60(61)44-62(66(58)64)57-40-39-53(42-65(57)69)67(49-23-8-4-9-24-49)52-38-33-45-19-12-13-22-48(45)41-52/h3-44H,1-2H3. The van der Waals surface area contributed by atoms with E-state index < -0.39 is 8.07 Å². The smallest absolute Gasteiger partial charge is 0.113 e. The number of rotatable bonds is 8. The molecule has 0 radical (unpaired) electrons. The van der Waals surface area contributed by atoms with E-state index in [9.17, 15) is 0 Å². The van der Waals surface area contributed by atoms with Gasteiger partial charge in [0.2, 0.25) is 0 Å². The number of benzene rings is 12. The second-order valence-electron chi connectivity index (χ2n) is 18.9. The molecule has 69 heavy (non-hydrogen) atoms. The van der Waals surface area contributed by atoms with Crippen molar-refractivity contribution in [2.45, 2.75) is 13.1 Å². The second kappa shape index (κ2) is 16.4. The van der Waals surface area contributed by atoms with E-state index in [4.69, 9.17) is 0 Å². The fraction of sp³-hybridized carbons (Fsp3) is 0.0303. The van der Waals surface area contributed by atoms with E-state index in [-0.39, 0.29) is 0 Å². The van der Waals surface area contributed by atoms with Crippen LogP contribution in [0.4, 0.5) is 34.1 Å². The first-order chi connectivity index (χ1) is 34.0. The van der Waals surface area contributed by atoms with Crippen LogP contribution >= 0.6 is 0 Å². The molecule has 326 valence electrons. The van der Waals surface area contributed by atoms with E-state index in [0.29, 0.717) is 0 Å². The Labute approximate surface area is 404 Å². The Balaban J connectivity index is 0.959. The summed E-state index contributed by atoms with van der Waals surface area (Å²) >= 11 is 0. The third-order valence-electron chi connectivity index (χ3n) is 14.6. The van der Waals surface area contributed by atoms with Gasteiger partial charge in [-0.25, -0.2) is 0 Å². The zero-order valence-electron chi connectivity index (χ0n) is 38.6. The third-order valence-corrected chi connectivity index (χ3v) is 18.1. The van der Waals surface area contributed by atoms with E-state index in [1.54, 1.807) is 0 Å². The van der Waals surface area contributed by atoms with Gasteiger partial charge in [0.1, 0.15) is 8.07 Å². The molecular formula is C66H48N2Si. The SMILES string of the molecule is C[Si]1(C)c2cc(N(c3ccccc3)c3ccc4ccccc4c3)ccc2-c2cc3c4ccccc4c(-c4ccc(N(c5ccccc5)c5ccccc5-c5ccccc5)cc4)cc3c3cccc1c23. The Morgan fingerprint density at radius 2 is 0.812 bits per heavy atom. The van der Waals surface area contributed by atoms with Crippen LogP contribution in [0.2, 0.25) is 13.1 Å². The number of nitrogens with zero attached hydrogens (tertiary/aromatic N) is 2. The maximum Gasteiger partial charge on any atom is 0.113 e. The summed E-state index contributed by atoms with van der Waals surface area (Å²) in [5.74, 6) is 0. The van der Waals surface area contributed by atoms with Crippen LogP contribution in [-0.2, 0) is 0 Å². The average molecular weight is 897 g/mol. The summed E-state index contributed by atoms with van der Waals surface area (Å²) in [7, 11) is -2.23. The summed E-state index contributed by atoms with van der Waals surface area (Å²) in [6.07, 6.45) is 0. The van der Waals surface area contributed by atoms with Crippen LogP contribution < -0.4 is 20.2 Å². The van der Waals surface area contributed by atoms with E-state index >= 15 is 0 Å². The molecule has 0 aliphatic carbocycles. The van der Waals surface area contributed by atoms with Crippen LogP contribution in [0.25, 0.3) is 76.5 Å². The van der Waals surface area contributed by atoms with Gasteiger partial charge in [0.25, 0.3) is 0 Å². The second-order valence-corrected chi connectivity index (χ2v) is 23.2. The Morgan fingerprint density at radius 3 is 1.58 bits per heavy atom. The molecule has 0 N–H and O–H groups in total. The molecule has 0 unspecified atom stereocenters. The fourth-order valence-electron chi connectivity index (χ4n) is 11.3. The molecule has 3 heteroatoms. The summed E-state index contributed by atoms with van der Waals surface area (Å²) in [6, 6.07) is 94.0. The highest BCUT2D eigenvalue weighted by atomic mass is 28.3. The summed E-state index contributed by atoms with van der Waals surface area (Å²) in [6.45, 7) is 5.09. The van der Waals surface area contributed by atoms with E-state index in [0.717, 1.165) is 28.4 Å². The van der Waals surface area contributed by atoms with Crippen LogP contribution in [0, 0.1) is 0 Å². The molecule has 0 atom stereocenters. The Bertz CT molecular complexity index is 3920. The minimum absolute atomic E-state index is 1.11. The minimum Gasteiger partial charge on any atom is -0.310 e. The number of anilines is 6. The highest BCUT2D eigenvalue weighted by Crippen LogP contribution is 2.46. The van der Waals surface area contributed by atoms with Crippen molar-refractivity contribution in [3.8, 4) is 33.4 Å². The predicted molar refractivity (Wildman–Crippen MR) is 299 cm³/mol. The first-order valence-electron chi connectivity index (χ1n) is 24.0. The monoisotopic (exact) mass is 896 g/mol. The van der Waals surface area contributed by atoms with Crippen LogP contribution in [0.1, 0.15) is 0 Å². The maximum absolute atomic E-state index is 2.55. The first kappa shape index (κ1) is 40.7. The Kier molecular flexibility index (Phi) is 9.67. The van der Waals surface area contributed by atoms with Crippen molar-refractivity contribution < 1.29 is 0 Å². The van der Waals surface area contributed by atoms with Gasteiger partial charge in [-0.3, -0.25) is 0 Å². The molecule has 1 aliphatic heterocycles. The van der Waals surface area contributed by atoms with Gasteiger partial charge in [-0.15, -0.1) is 0 Å². The molecule has 1 aliphatic rings. The van der Waals surface area contributed by atoms with Gasteiger partial charge in [-0.05, 0) is 160 Å². The van der Waals surface area contributed by atoms with Crippen molar-refractivity contribution in [1.29, 1.82) is 0 Å². The quantitative estimate of drug-likeness (QED) is 0.111. The molecule has 0 saturated heterocycles. The molecule has 0 bridgehead atoms. The van der Waals surface area contributed by atoms with Gasteiger partial charge < -0.3 is 9.80 Å². The van der Waals surface area contributed by atoms with E-state index in [2.05, 4.69) is 278 Å². The lowest BCUT2D eigenvalue weighted by Crippen LogP contribution is -2.56. The van der Waals surface area contributed by atoms with Gasteiger partial charge in [0, 0.05) is 34.0 Å². The maximum atomic E-state index is 2.55. The molecule has 2 nitrogen and oxygen atoms in total. The van der Waals surface area contributed by atoms with Gasteiger partial charge >= 0.3 is 0 Å². The van der Waals surface area contributed by atoms with E-state index in [1.165, 1.54) is 92.5 Å². The van der Waals surface area contributed by atoms with Crippen molar-refractivity contribution in [1.82, 2.24) is 0 Å². The van der Waals surface area contributed by atoms with Crippen LogP contribution in [0.15, 0.2) is 255 Å². The lowest BCUT2D eigenvalue weighted by molar-refractivity contribution is 1.28. The fourth-order valence-corrected chi connectivity index (χ4v) is 14.4. The molecule has 1 heterocycles. The zero-order valence-corrected chi connectivity index (χ0v) is 39.6. The summed E-state index contributed by atoms with van der Waals surface area (Å²) < 4.78 is 0. The van der Waals surface area contributed by atoms with Crippen LogP contribution in [0.5, 0.6) is 0 Å². The zero-order chi connectivity index (χ0) is 46.1. The molecular weight excluding hydrogens is 849 g/mol. The normalized spacial score (nSPS) is 12.6. The lowest BCUT2D eigenvalue weighted by Gasteiger charge is -2.35. The van der Waals surface area contributed by atoms with Crippen LogP contribution in [-0.4, -0.2) is 8.07 Å². The van der Waals surface area contributed by atoms with Crippen molar-refractivity contribution in [3.05, 3.63) is 255 Å². The third kappa shape index (κ3) is 6.77. The lowest BCUT2D eigenvalue weighted by atomic mass is 9.87. The van der Waals surface area contributed by atoms with Crippen molar-refractivity contribution in [2.24, 2.45) is 0 Å². The predicted octanol–water partition coefficient (Wildman–Crippen LogP) is 17.4. The summed E-state index contributed by atoms with van der Waals surface area (Å²) in [5.41, 5.74) is 14.4. The Morgan fingerprint density at radius 1 is 0.275 bits per heavy atom. The molecule has 0 fully saturated rings. The number of para-hydroxylation sites is 3. The van der Waals surface area contributed by atoms with E-state index in [1.807, 2.05) is 0 Å². The summed E-state index contributed by atoms with van der Waals surface area (Å²) in [4.78, 5) is 4.81. The summed E-state index contributed by atoms with van der Waals surface area (Å²) in [5, 5.41) is 13.3. The highest BCUT2D eigenvalue weighted by Gasteiger charge is 2.37. The largest absolute Gasteiger partial charge is 0.310 e. The number of hydrogen-bond acceptors (Lipinski definition) is 2. The Hall–Kier alpha value is -8.50. The molecule has 0 spiro atoms. The minimum atomic E-state index is -2.23. The molecule has 12 aromatic rings. The van der Waals surface area contributed by atoms with Gasteiger partial charge in [-0.1, -0.05) is 189 Å². The van der Waals surface area contributed by atoms with Gasteiger partial charge in [-0.2, -0.15) is 0 Å². The topological polar surface area (TPSA) is 6.48 Å². The first-order valence-corrected chi connectivity index (χ1v) is 27.0. The van der Waals surface area contributed by atoms with Crippen molar-refractivity contribution >= 4 is 95.7 Å². The van der Waals surface area contributed by atoms with Crippen molar-refractivity contribution in [3.63, 3.8) is 0 Å². The molecule has 0 saturated carbocycles. The number of hydrogen-bond donors (Lipinski definition) is 0. The molecule has 0 amide bonds. The molecule has 0 aromatic heterocycles. The van der Waals surface area contributed by atoms with Gasteiger partial charge in [0.15, 0.2) is 0 Å². The highest BCUT2D eigenvalue weighted by molar-refractivity contribution is 7.03. The number of fused-ring (bicyclic) bond motifs is 7. The molecule has 12 aromatic carbocycles. The van der Waals surface area contributed by atoms with Gasteiger partial charge in [0.05, 0.1) is 5.69 Å². The van der Waals surface area contributed by atoms with Crippen LogP contribution in [0.3, 0.4) is 0 Å². The van der Waals surface area contributed by atoms with Crippen molar-refractivity contribution in [2.75, 3.05) is 9.80 Å². The average Bonchev–Trinajstić information content (AvgIpc) is 3.41. The molecule has 13 rings (SSSR count).